The monoisotopic (exact) mass is 316 g/mol. The van der Waals surface area contributed by atoms with Crippen molar-refractivity contribution >= 4 is 21.9 Å². The first-order chi connectivity index (χ1) is 8.51. The molecule has 0 aliphatic rings. The predicted octanol–water partition coefficient (Wildman–Crippen LogP) is 1.97. The van der Waals surface area contributed by atoms with Crippen LogP contribution in [0, 0.1) is 0 Å². The lowest BCUT2D eigenvalue weighted by Crippen LogP contribution is -2.30. The van der Waals surface area contributed by atoms with Crippen LogP contribution in [0.1, 0.15) is 31.1 Å². The molecule has 0 fully saturated rings. The van der Waals surface area contributed by atoms with Gasteiger partial charge >= 0.3 is 5.97 Å². The maximum atomic E-state index is 11.4. The lowest BCUT2D eigenvalue weighted by Gasteiger charge is -2.19. The molecule has 0 amide bonds. The molecule has 2 atom stereocenters. The van der Waals surface area contributed by atoms with E-state index < -0.39 is 18.2 Å². The first-order valence-electron chi connectivity index (χ1n) is 5.82. The van der Waals surface area contributed by atoms with Crippen molar-refractivity contribution in [3.05, 3.63) is 33.8 Å². The zero-order valence-electron chi connectivity index (χ0n) is 10.4. The third kappa shape index (κ3) is 3.54. The molecule has 0 saturated heterocycles. The average molecular weight is 317 g/mol. The number of carbonyl (C=O) groups excluding carboxylic acids is 1. The molecule has 1 aromatic rings. The van der Waals surface area contributed by atoms with Gasteiger partial charge in [-0.05, 0) is 36.6 Å². The van der Waals surface area contributed by atoms with Crippen LogP contribution in [0.15, 0.2) is 22.7 Å². The summed E-state index contributed by atoms with van der Waals surface area (Å²) >= 11 is 3.34. The number of hydrogen-bond acceptors (Lipinski definition) is 4. The summed E-state index contributed by atoms with van der Waals surface area (Å²) in [5.74, 6) is -0.810. The molecule has 0 radical (unpaired) electrons. The highest BCUT2D eigenvalue weighted by atomic mass is 79.9. The lowest BCUT2D eigenvalue weighted by molar-refractivity contribution is -0.159. The fourth-order valence-corrected chi connectivity index (χ4v) is 2.10. The minimum absolute atomic E-state index is 0.170. The van der Waals surface area contributed by atoms with Crippen LogP contribution in [0.25, 0.3) is 0 Å². The molecule has 0 aliphatic carbocycles. The van der Waals surface area contributed by atoms with Gasteiger partial charge in [-0.2, -0.15) is 0 Å². The van der Waals surface area contributed by atoms with E-state index in [1.165, 1.54) is 0 Å². The number of hydrogen-bond donors (Lipinski definition) is 2. The molecular formula is C13H17BrO4. The van der Waals surface area contributed by atoms with Gasteiger partial charge < -0.3 is 14.9 Å². The molecule has 4 nitrogen and oxygen atoms in total. The second-order valence-corrected chi connectivity index (χ2v) is 4.75. The van der Waals surface area contributed by atoms with E-state index in [1.807, 2.05) is 13.0 Å². The van der Waals surface area contributed by atoms with Crippen molar-refractivity contribution in [2.75, 3.05) is 6.61 Å². The largest absolute Gasteiger partial charge is 0.464 e. The van der Waals surface area contributed by atoms with E-state index in [0.717, 1.165) is 10.0 Å². The second-order valence-electron chi connectivity index (χ2n) is 3.84. The standard InChI is InChI=1S/C13H17BrO4/c1-3-8-7-9(14)5-6-10(8)11(15)12(16)13(17)18-4-2/h5-7,11-12,15-16H,3-4H2,1-2H3. The van der Waals surface area contributed by atoms with Gasteiger partial charge in [0.15, 0.2) is 6.10 Å². The summed E-state index contributed by atoms with van der Waals surface area (Å²) < 4.78 is 5.58. The number of aryl methyl sites for hydroxylation is 1. The van der Waals surface area contributed by atoms with Gasteiger partial charge in [-0.1, -0.05) is 28.9 Å². The highest BCUT2D eigenvalue weighted by Crippen LogP contribution is 2.25. The number of rotatable bonds is 5. The Bertz CT molecular complexity index is 419. The molecule has 0 saturated carbocycles. The molecule has 2 N–H and O–H groups in total. The fraction of sp³-hybridized carbons (Fsp3) is 0.462. The third-order valence-corrected chi connectivity index (χ3v) is 3.12. The van der Waals surface area contributed by atoms with Crippen molar-refractivity contribution < 1.29 is 19.7 Å². The Morgan fingerprint density at radius 3 is 2.61 bits per heavy atom. The van der Waals surface area contributed by atoms with Gasteiger partial charge in [-0.25, -0.2) is 4.79 Å². The molecule has 5 heteroatoms. The van der Waals surface area contributed by atoms with Gasteiger partial charge in [0.2, 0.25) is 0 Å². The smallest absolute Gasteiger partial charge is 0.338 e. The summed E-state index contributed by atoms with van der Waals surface area (Å²) in [6, 6.07) is 5.31. The summed E-state index contributed by atoms with van der Waals surface area (Å²) in [6.07, 6.45) is -2.13. The molecule has 2 unspecified atom stereocenters. The van der Waals surface area contributed by atoms with Crippen LogP contribution in [0.3, 0.4) is 0 Å². The molecular weight excluding hydrogens is 300 g/mol. The number of halogens is 1. The first-order valence-corrected chi connectivity index (χ1v) is 6.61. The molecule has 18 heavy (non-hydrogen) atoms. The van der Waals surface area contributed by atoms with E-state index in [2.05, 4.69) is 20.7 Å². The van der Waals surface area contributed by atoms with E-state index in [4.69, 9.17) is 0 Å². The highest BCUT2D eigenvalue weighted by Gasteiger charge is 2.28. The zero-order valence-corrected chi connectivity index (χ0v) is 12.0. The van der Waals surface area contributed by atoms with E-state index in [0.29, 0.717) is 12.0 Å². The second kappa shape index (κ2) is 6.87. The van der Waals surface area contributed by atoms with Crippen LogP contribution in [-0.4, -0.2) is 28.9 Å². The van der Waals surface area contributed by atoms with Crippen molar-refractivity contribution in [3.63, 3.8) is 0 Å². The van der Waals surface area contributed by atoms with Crippen molar-refractivity contribution in [1.82, 2.24) is 0 Å². The Balaban J connectivity index is 2.95. The summed E-state index contributed by atoms with van der Waals surface area (Å²) in [5, 5.41) is 19.7. The first kappa shape index (κ1) is 15.1. The van der Waals surface area contributed by atoms with E-state index in [9.17, 15) is 15.0 Å². The molecule has 0 aliphatic heterocycles. The number of benzene rings is 1. The Labute approximate surface area is 115 Å². The van der Waals surface area contributed by atoms with Gasteiger partial charge in [-0.15, -0.1) is 0 Å². The Morgan fingerprint density at radius 2 is 2.06 bits per heavy atom. The predicted molar refractivity (Wildman–Crippen MR) is 71.1 cm³/mol. The highest BCUT2D eigenvalue weighted by molar-refractivity contribution is 9.10. The Hall–Kier alpha value is -0.910. The van der Waals surface area contributed by atoms with Crippen molar-refractivity contribution in [3.8, 4) is 0 Å². The fourth-order valence-electron chi connectivity index (χ4n) is 1.70. The van der Waals surface area contributed by atoms with Gasteiger partial charge in [0.1, 0.15) is 6.10 Å². The van der Waals surface area contributed by atoms with Crippen molar-refractivity contribution in [2.45, 2.75) is 32.5 Å². The summed E-state index contributed by atoms with van der Waals surface area (Å²) in [7, 11) is 0. The van der Waals surface area contributed by atoms with Crippen molar-refractivity contribution in [1.29, 1.82) is 0 Å². The molecule has 1 aromatic carbocycles. The number of aliphatic hydroxyl groups excluding tert-OH is 2. The number of carbonyl (C=O) groups is 1. The van der Waals surface area contributed by atoms with Crippen LogP contribution >= 0.6 is 15.9 Å². The maximum absolute atomic E-state index is 11.4. The molecule has 0 bridgehead atoms. The quantitative estimate of drug-likeness (QED) is 0.815. The summed E-state index contributed by atoms with van der Waals surface area (Å²) in [4.78, 5) is 11.4. The number of aliphatic hydroxyl groups is 2. The Morgan fingerprint density at radius 1 is 1.39 bits per heavy atom. The number of esters is 1. The van der Waals surface area contributed by atoms with Gasteiger partial charge in [0.05, 0.1) is 6.61 Å². The molecule has 1 rings (SSSR count). The van der Waals surface area contributed by atoms with Gasteiger partial charge in [0, 0.05) is 4.47 Å². The van der Waals surface area contributed by atoms with E-state index in [-0.39, 0.29) is 6.61 Å². The van der Waals surface area contributed by atoms with Crippen LogP contribution < -0.4 is 0 Å². The maximum Gasteiger partial charge on any atom is 0.338 e. The van der Waals surface area contributed by atoms with E-state index >= 15 is 0 Å². The van der Waals surface area contributed by atoms with Crippen molar-refractivity contribution in [2.24, 2.45) is 0 Å². The van der Waals surface area contributed by atoms with Gasteiger partial charge in [-0.3, -0.25) is 0 Å². The zero-order chi connectivity index (χ0) is 13.7. The van der Waals surface area contributed by atoms with Gasteiger partial charge in [0.25, 0.3) is 0 Å². The van der Waals surface area contributed by atoms with Crippen LogP contribution in [0.2, 0.25) is 0 Å². The lowest BCUT2D eigenvalue weighted by atomic mass is 9.97. The number of ether oxygens (including phenoxy) is 1. The molecule has 100 valence electrons. The van der Waals surface area contributed by atoms with Crippen LogP contribution in [-0.2, 0) is 16.0 Å². The Kier molecular flexibility index (Phi) is 5.78. The normalized spacial score (nSPS) is 14.1. The minimum atomic E-state index is -1.56. The molecule has 0 aromatic heterocycles. The topological polar surface area (TPSA) is 66.8 Å². The van der Waals surface area contributed by atoms with Crippen LogP contribution in [0.4, 0.5) is 0 Å². The van der Waals surface area contributed by atoms with Crippen LogP contribution in [0.5, 0.6) is 0 Å². The summed E-state index contributed by atoms with van der Waals surface area (Å²) in [6.45, 7) is 3.76. The minimum Gasteiger partial charge on any atom is -0.464 e. The SMILES string of the molecule is CCOC(=O)C(O)C(O)c1ccc(Br)cc1CC. The molecule has 0 heterocycles. The third-order valence-electron chi connectivity index (χ3n) is 2.63. The average Bonchev–Trinajstić information content (AvgIpc) is 2.37. The summed E-state index contributed by atoms with van der Waals surface area (Å²) in [5.41, 5.74) is 1.42. The molecule has 0 spiro atoms. The van der Waals surface area contributed by atoms with E-state index in [1.54, 1.807) is 19.1 Å².